The first kappa shape index (κ1) is 11.9. The van der Waals surface area contributed by atoms with Crippen LogP contribution in [0.15, 0.2) is 0 Å². The summed E-state index contributed by atoms with van der Waals surface area (Å²) in [4.78, 5) is 15.8. The smallest absolute Gasteiger partial charge is 0.219 e. The van der Waals surface area contributed by atoms with Crippen LogP contribution in [0.25, 0.3) is 0 Å². The minimum Gasteiger partial charge on any atom is -0.340 e. The minimum absolute atomic E-state index is 0.233. The van der Waals surface area contributed by atoms with E-state index in [0.29, 0.717) is 0 Å². The van der Waals surface area contributed by atoms with Crippen molar-refractivity contribution < 1.29 is 4.79 Å². The second-order valence-electron chi connectivity index (χ2n) is 5.46. The van der Waals surface area contributed by atoms with E-state index in [9.17, 15) is 4.79 Å². The van der Waals surface area contributed by atoms with Crippen LogP contribution in [-0.4, -0.2) is 47.9 Å². The normalized spacial score (nSPS) is 32.8. The fourth-order valence-corrected chi connectivity index (χ4v) is 3.01. The van der Waals surface area contributed by atoms with E-state index in [4.69, 9.17) is 0 Å². The summed E-state index contributed by atoms with van der Waals surface area (Å²) in [6.45, 7) is 8.07. The summed E-state index contributed by atoms with van der Waals surface area (Å²) in [5.41, 5.74) is 0. The van der Waals surface area contributed by atoms with Crippen molar-refractivity contribution >= 4 is 5.91 Å². The number of amides is 1. The lowest BCUT2D eigenvalue weighted by Crippen LogP contribution is -2.52. The highest BCUT2D eigenvalue weighted by Gasteiger charge is 2.27. The Morgan fingerprint density at radius 3 is 2.06 bits per heavy atom. The van der Waals surface area contributed by atoms with Gasteiger partial charge in [-0.2, -0.15) is 0 Å². The van der Waals surface area contributed by atoms with E-state index < -0.39 is 0 Å². The molecule has 1 aliphatic heterocycles. The first-order chi connectivity index (χ1) is 7.66. The van der Waals surface area contributed by atoms with Gasteiger partial charge in [0.1, 0.15) is 0 Å². The van der Waals surface area contributed by atoms with E-state index in [0.717, 1.165) is 38.1 Å². The van der Waals surface area contributed by atoms with Gasteiger partial charge in [-0.1, -0.05) is 6.92 Å². The van der Waals surface area contributed by atoms with Crippen molar-refractivity contribution in [3.05, 3.63) is 0 Å². The molecule has 92 valence electrons. The largest absolute Gasteiger partial charge is 0.340 e. The molecule has 2 rings (SSSR count). The van der Waals surface area contributed by atoms with Gasteiger partial charge in [-0.3, -0.25) is 9.69 Å². The summed E-state index contributed by atoms with van der Waals surface area (Å²) < 4.78 is 0. The Labute approximate surface area is 98.8 Å². The van der Waals surface area contributed by atoms with Crippen LogP contribution in [0, 0.1) is 5.92 Å². The molecule has 3 heteroatoms. The fourth-order valence-electron chi connectivity index (χ4n) is 3.01. The van der Waals surface area contributed by atoms with Crippen molar-refractivity contribution in [1.82, 2.24) is 9.80 Å². The second kappa shape index (κ2) is 5.17. The first-order valence-corrected chi connectivity index (χ1v) is 6.66. The summed E-state index contributed by atoms with van der Waals surface area (Å²) in [5.74, 6) is 1.16. The van der Waals surface area contributed by atoms with Gasteiger partial charge < -0.3 is 4.90 Å². The minimum atomic E-state index is 0.233. The molecule has 3 nitrogen and oxygen atoms in total. The van der Waals surface area contributed by atoms with Crippen molar-refractivity contribution in [2.24, 2.45) is 5.92 Å². The number of piperazine rings is 1. The van der Waals surface area contributed by atoms with Crippen LogP contribution in [-0.2, 0) is 4.79 Å². The van der Waals surface area contributed by atoms with Gasteiger partial charge in [0.05, 0.1) is 0 Å². The predicted octanol–water partition coefficient (Wildman–Crippen LogP) is 1.73. The van der Waals surface area contributed by atoms with Crippen LogP contribution in [0.5, 0.6) is 0 Å². The van der Waals surface area contributed by atoms with Gasteiger partial charge in [0.15, 0.2) is 0 Å². The van der Waals surface area contributed by atoms with Crippen LogP contribution in [0.3, 0.4) is 0 Å². The van der Waals surface area contributed by atoms with Crippen molar-refractivity contribution in [2.45, 2.75) is 45.6 Å². The molecular formula is C13H24N2O. The molecule has 1 saturated heterocycles. The Bertz CT molecular complexity index is 238. The SMILES string of the molecule is CC(=O)N1CCN([C@H]2CC[C@H](C)CC2)CC1. The number of rotatable bonds is 1. The van der Waals surface area contributed by atoms with Gasteiger partial charge in [0, 0.05) is 39.1 Å². The third-order valence-electron chi connectivity index (χ3n) is 4.26. The predicted molar refractivity (Wildman–Crippen MR) is 65.2 cm³/mol. The van der Waals surface area contributed by atoms with Gasteiger partial charge in [-0.15, -0.1) is 0 Å². The van der Waals surface area contributed by atoms with Gasteiger partial charge in [-0.25, -0.2) is 0 Å². The lowest BCUT2D eigenvalue weighted by Gasteiger charge is -2.41. The molecule has 0 aromatic carbocycles. The fraction of sp³-hybridized carbons (Fsp3) is 0.923. The lowest BCUT2D eigenvalue weighted by atomic mass is 9.86. The van der Waals surface area contributed by atoms with E-state index >= 15 is 0 Å². The monoisotopic (exact) mass is 224 g/mol. The zero-order valence-electron chi connectivity index (χ0n) is 10.6. The standard InChI is InChI=1S/C13H24N2O/c1-11-3-5-13(6-4-11)15-9-7-14(8-10-15)12(2)16/h11,13H,3-10H2,1-2H3/t11-,13-. The summed E-state index contributed by atoms with van der Waals surface area (Å²) in [5, 5.41) is 0. The molecule has 2 fully saturated rings. The quantitative estimate of drug-likeness (QED) is 0.677. The molecule has 0 spiro atoms. The zero-order chi connectivity index (χ0) is 11.5. The Kier molecular flexibility index (Phi) is 3.85. The first-order valence-electron chi connectivity index (χ1n) is 6.66. The van der Waals surface area contributed by atoms with Crippen LogP contribution in [0.4, 0.5) is 0 Å². The van der Waals surface area contributed by atoms with Crippen molar-refractivity contribution in [2.75, 3.05) is 26.2 Å². The Hall–Kier alpha value is -0.570. The summed E-state index contributed by atoms with van der Waals surface area (Å²) in [7, 11) is 0. The molecular weight excluding hydrogens is 200 g/mol. The Morgan fingerprint density at radius 1 is 1.00 bits per heavy atom. The molecule has 0 bridgehead atoms. The zero-order valence-corrected chi connectivity index (χ0v) is 10.6. The molecule has 1 aliphatic carbocycles. The topological polar surface area (TPSA) is 23.6 Å². The number of nitrogens with zero attached hydrogens (tertiary/aromatic N) is 2. The average Bonchev–Trinajstić information content (AvgIpc) is 2.30. The molecule has 0 atom stereocenters. The van der Waals surface area contributed by atoms with E-state index in [-0.39, 0.29) is 5.91 Å². The number of hydrogen-bond acceptors (Lipinski definition) is 2. The maximum absolute atomic E-state index is 11.2. The molecule has 1 saturated carbocycles. The van der Waals surface area contributed by atoms with Crippen LogP contribution < -0.4 is 0 Å². The maximum atomic E-state index is 11.2. The molecule has 2 aliphatic rings. The van der Waals surface area contributed by atoms with E-state index in [1.807, 2.05) is 4.90 Å². The summed E-state index contributed by atoms with van der Waals surface area (Å²) in [6, 6.07) is 0.797. The summed E-state index contributed by atoms with van der Waals surface area (Å²) >= 11 is 0. The van der Waals surface area contributed by atoms with Gasteiger partial charge >= 0.3 is 0 Å². The highest BCUT2D eigenvalue weighted by atomic mass is 16.2. The third kappa shape index (κ3) is 2.76. The van der Waals surface area contributed by atoms with Crippen molar-refractivity contribution in [3.8, 4) is 0 Å². The molecule has 0 aromatic heterocycles. The summed E-state index contributed by atoms with van der Waals surface area (Å²) in [6.07, 6.45) is 5.50. The third-order valence-corrected chi connectivity index (χ3v) is 4.26. The molecule has 0 aromatic rings. The van der Waals surface area contributed by atoms with Crippen LogP contribution >= 0.6 is 0 Å². The van der Waals surface area contributed by atoms with Gasteiger partial charge in [0.2, 0.25) is 5.91 Å². The average molecular weight is 224 g/mol. The van der Waals surface area contributed by atoms with Crippen LogP contribution in [0.2, 0.25) is 0 Å². The molecule has 16 heavy (non-hydrogen) atoms. The van der Waals surface area contributed by atoms with Crippen molar-refractivity contribution in [1.29, 1.82) is 0 Å². The number of hydrogen-bond donors (Lipinski definition) is 0. The molecule has 1 heterocycles. The van der Waals surface area contributed by atoms with Gasteiger partial charge in [-0.05, 0) is 31.6 Å². The van der Waals surface area contributed by atoms with Crippen molar-refractivity contribution in [3.63, 3.8) is 0 Å². The maximum Gasteiger partial charge on any atom is 0.219 e. The molecule has 0 radical (unpaired) electrons. The number of carbonyl (C=O) groups excluding carboxylic acids is 1. The van der Waals surface area contributed by atoms with E-state index in [2.05, 4.69) is 11.8 Å². The molecule has 1 amide bonds. The molecule has 0 unspecified atom stereocenters. The highest BCUT2D eigenvalue weighted by Crippen LogP contribution is 2.27. The Balaban J connectivity index is 1.78. The highest BCUT2D eigenvalue weighted by molar-refractivity contribution is 5.73. The second-order valence-corrected chi connectivity index (χ2v) is 5.46. The molecule has 0 N–H and O–H groups in total. The Morgan fingerprint density at radius 2 is 1.56 bits per heavy atom. The van der Waals surface area contributed by atoms with Crippen LogP contribution in [0.1, 0.15) is 39.5 Å². The lowest BCUT2D eigenvalue weighted by molar-refractivity contribution is -0.131. The van der Waals surface area contributed by atoms with E-state index in [1.54, 1.807) is 6.92 Å². The van der Waals surface area contributed by atoms with E-state index in [1.165, 1.54) is 25.7 Å². The van der Waals surface area contributed by atoms with Gasteiger partial charge in [0.25, 0.3) is 0 Å². The number of carbonyl (C=O) groups is 1.